The molecule has 142 valence electrons. The molecule has 0 saturated carbocycles. The summed E-state index contributed by atoms with van der Waals surface area (Å²) in [7, 11) is 0. The van der Waals surface area contributed by atoms with Gasteiger partial charge in [-0.3, -0.25) is 9.36 Å². The van der Waals surface area contributed by atoms with Crippen LogP contribution < -0.4 is 16.4 Å². The van der Waals surface area contributed by atoms with Crippen molar-refractivity contribution in [1.29, 1.82) is 0 Å². The molecule has 0 spiro atoms. The average Bonchev–Trinajstić information content (AvgIpc) is 3.35. The molecule has 28 heavy (non-hydrogen) atoms. The van der Waals surface area contributed by atoms with Gasteiger partial charge in [-0.2, -0.15) is 0 Å². The Morgan fingerprint density at radius 3 is 2.61 bits per heavy atom. The Morgan fingerprint density at radius 1 is 1.00 bits per heavy atom. The molecule has 0 fully saturated rings. The van der Waals surface area contributed by atoms with Crippen LogP contribution in [0.1, 0.15) is 0 Å². The maximum absolute atomic E-state index is 12.1. The number of amides is 1. The molecule has 0 aliphatic carbocycles. The molecular formula is C19H18N6O3. The first kappa shape index (κ1) is 17.5. The van der Waals surface area contributed by atoms with Crippen LogP contribution in [0, 0.1) is 0 Å². The third-order valence-electron chi connectivity index (χ3n) is 4.15. The third-order valence-corrected chi connectivity index (χ3v) is 4.15. The summed E-state index contributed by atoms with van der Waals surface area (Å²) in [5.74, 6) is 0.515. The summed E-state index contributed by atoms with van der Waals surface area (Å²) in [4.78, 5) is 24.0. The predicted molar refractivity (Wildman–Crippen MR) is 103 cm³/mol. The van der Waals surface area contributed by atoms with Crippen LogP contribution in [0.5, 0.6) is 0 Å². The topological polar surface area (TPSA) is 107 Å². The van der Waals surface area contributed by atoms with Crippen molar-refractivity contribution in [3.63, 3.8) is 0 Å². The minimum Gasteiger partial charge on any atom is -0.408 e. The quantitative estimate of drug-likeness (QED) is 0.471. The molecule has 0 aliphatic heterocycles. The van der Waals surface area contributed by atoms with Crippen LogP contribution in [-0.4, -0.2) is 38.3 Å². The average molecular weight is 378 g/mol. The first-order valence-corrected chi connectivity index (χ1v) is 8.77. The van der Waals surface area contributed by atoms with Gasteiger partial charge in [-0.25, -0.2) is 4.79 Å². The lowest BCUT2D eigenvalue weighted by atomic mass is 10.3. The number of anilines is 1. The number of carbonyl (C=O) groups excluding carboxylic acids is 1. The van der Waals surface area contributed by atoms with Gasteiger partial charge < -0.3 is 19.6 Å². The van der Waals surface area contributed by atoms with Gasteiger partial charge in [0.15, 0.2) is 11.4 Å². The summed E-state index contributed by atoms with van der Waals surface area (Å²) < 4.78 is 8.29. The molecule has 1 aromatic carbocycles. The molecule has 4 aromatic rings. The Kier molecular flexibility index (Phi) is 4.87. The van der Waals surface area contributed by atoms with Crippen molar-refractivity contribution in [2.75, 3.05) is 18.4 Å². The van der Waals surface area contributed by atoms with E-state index in [1.165, 1.54) is 4.57 Å². The zero-order valence-electron chi connectivity index (χ0n) is 14.9. The highest BCUT2D eigenvalue weighted by Gasteiger charge is 2.11. The number of para-hydroxylation sites is 2. The van der Waals surface area contributed by atoms with Crippen LogP contribution in [-0.2, 0) is 11.3 Å². The molecule has 0 bridgehead atoms. The van der Waals surface area contributed by atoms with Gasteiger partial charge in [0, 0.05) is 25.5 Å². The first-order chi connectivity index (χ1) is 13.7. The van der Waals surface area contributed by atoms with E-state index in [-0.39, 0.29) is 12.5 Å². The molecule has 1 amide bonds. The van der Waals surface area contributed by atoms with E-state index in [0.29, 0.717) is 30.0 Å². The highest BCUT2D eigenvalue weighted by molar-refractivity contribution is 5.79. The fraction of sp³-hybridized carbons (Fsp3) is 0.158. The van der Waals surface area contributed by atoms with E-state index in [1.54, 1.807) is 24.3 Å². The standard InChI is InChI=1S/C19H18N6O3/c26-18(13-25-14-5-1-2-6-15(14)28-19(25)27)21-10-9-20-16-7-8-17(23-22-16)24-11-3-4-12-24/h1-8,11-12H,9-10,13H2,(H,20,22)(H,21,26). The number of oxazole rings is 1. The number of fused-ring (bicyclic) bond motifs is 1. The fourth-order valence-corrected chi connectivity index (χ4v) is 2.80. The number of aromatic nitrogens is 4. The SMILES string of the molecule is O=C(Cn1c(=O)oc2ccccc21)NCCNc1ccc(-n2cccc2)nn1. The van der Waals surface area contributed by atoms with Gasteiger partial charge in [0.25, 0.3) is 0 Å². The van der Waals surface area contributed by atoms with Crippen molar-refractivity contribution in [1.82, 2.24) is 24.6 Å². The van der Waals surface area contributed by atoms with Crippen LogP contribution in [0.4, 0.5) is 5.82 Å². The number of benzene rings is 1. The Hall–Kier alpha value is -3.88. The Morgan fingerprint density at radius 2 is 1.82 bits per heavy atom. The molecule has 0 atom stereocenters. The summed E-state index contributed by atoms with van der Waals surface area (Å²) in [6.45, 7) is 0.760. The number of rotatable bonds is 7. The summed E-state index contributed by atoms with van der Waals surface area (Å²) >= 11 is 0. The molecule has 0 saturated heterocycles. The van der Waals surface area contributed by atoms with Gasteiger partial charge in [-0.05, 0) is 36.4 Å². The molecule has 3 aromatic heterocycles. The minimum absolute atomic E-state index is 0.0960. The lowest BCUT2D eigenvalue weighted by Crippen LogP contribution is -2.33. The summed E-state index contributed by atoms with van der Waals surface area (Å²) in [6, 6.07) is 14.5. The molecule has 9 heteroatoms. The highest BCUT2D eigenvalue weighted by atomic mass is 16.4. The van der Waals surface area contributed by atoms with Crippen molar-refractivity contribution in [3.05, 3.63) is 71.5 Å². The third kappa shape index (κ3) is 3.78. The lowest BCUT2D eigenvalue weighted by molar-refractivity contribution is -0.121. The van der Waals surface area contributed by atoms with Gasteiger partial charge in [-0.1, -0.05) is 12.1 Å². The zero-order chi connectivity index (χ0) is 19.3. The van der Waals surface area contributed by atoms with E-state index >= 15 is 0 Å². The maximum Gasteiger partial charge on any atom is 0.420 e. The first-order valence-electron chi connectivity index (χ1n) is 8.77. The lowest BCUT2D eigenvalue weighted by Gasteiger charge is -2.08. The van der Waals surface area contributed by atoms with Crippen LogP contribution in [0.3, 0.4) is 0 Å². The second-order valence-corrected chi connectivity index (χ2v) is 6.07. The van der Waals surface area contributed by atoms with Crippen LogP contribution in [0.15, 0.2) is 70.1 Å². The van der Waals surface area contributed by atoms with E-state index in [0.717, 1.165) is 5.82 Å². The fourth-order valence-electron chi connectivity index (χ4n) is 2.80. The van der Waals surface area contributed by atoms with Crippen molar-refractivity contribution in [3.8, 4) is 5.82 Å². The van der Waals surface area contributed by atoms with Gasteiger partial charge in [-0.15, -0.1) is 10.2 Å². The molecule has 2 N–H and O–H groups in total. The van der Waals surface area contributed by atoms with Crippen LogP contribution >= 0.6 is 0 Å². The Bertz CT molecular complexity index is 1130. The largest absolute Gasteiger partial charge is 0.420 e. The summed E-state index contributed by atoms with van der Waals surface area (Å²) in [6.07, 6.45) is 3.78. The highest BCUT2D eigenvalue weighted by Crippen LogP contribution is 2.11. The van der Waals surface area contributed by atoms with E-state index < -0.39 is 5.76 Å². The zero-order valence-corrected chi connectivity index (χ0v) is 14.9. The summed E-state index contributed by atoms with van der Waals surface area (Å²) in [5, 5.41) is 14.1. The number of carbonyl (C=O) groups is 1. The maximum atomic E-state index is 12.1. The molecular weight excluding hydrogens is 360 g/mol. The van der Waals surface area contributed by atoms with E-state index in [9.17, 15) is 9.59 Å². The molecule has 0 unspecified atom stereocenters. The normalized spacial score (nSPS) is 10.9. The molecule has 4 rings (SSSR count). The Labute approximate surface area is 159 Å². The van der Waals surface area contributed by atoms with Crippen molar-refractivity contribution in [2.45, 2.75) is 6.54 Å². The molecule has 3 heterocycles. The second-order valence-electron chi connectivity index (χ2n) is 6.07. The van der Waals surface area contributed by atoms with Gasteiger partial charge in [0.05, 0.1) is 5.52 Å². The van der Waals surface area contributed by atoms with Crippen LogP contribution in [0.25, 0.3) is 16.9 Å². The van der Waals surface area contributed by atoms with Gasteiger partial charge in [0.1, 0.15) is 12.4 Å². The second kappa shape index (κ2) is 7.78. The molecule has 0 radical (unpaired) electrons. The number of nitrogens with one attached hydrogen (secondary N) is 2. The monoisotopic (exact) mass is 378 g/mol. The van der Waals surface area contributed by atoms with E-state index in [1.807, 2.05) is 41.2 Å². The van der Waals surface area contributed by atoms with Crippen molar-refractivity contribution in [2.24, 2.45) is 0 Å². The number of nitrogens with zero attached hydrogens (tertiary/aromatic N) is 4. The van der Waals surface area contributed by atoms with E-state index in [2.05, 4.69) is 20.8 Å². The number of hydrogen-bond acceptors (Lipinski definition) is 6. The minimum atomic E-state index is -0.549. The van der Waals surface area contributed by atoms with Crippen LogP contribution in [0.2, 0.25) is 0 Å². The van der Waals surface area contributed by atoms with Crippen molar-refractivity contribution < 1.29 is 9.21 Å². The van der Waals surface area contributed by atoms with E-state index in [4.69, 9.17) is 4.42 Å². The Balaban J connectivity index is 1.26. The van der Waals surface area contributed by atoms with Gasteiger partial charge >= 0.3 is 5.76 Å². The predicted octanol–water partition coefficient (Wildman–Crippen LogP) is 1.40. The van der Waals surface area contributed by atoms with Gasteiger partial charge in [0.2, 0.25) is 5.91 Å². The number of hydrogen-bond donors (Lipinski definition) is 2. The summed E-state index contributed by atoms with van der Waals surface area (Å²) in [5.41, 5.74) is 1.06. The smallest absolute Gasteiger partial charge is 0.408 e. The van der Waals surface area contributed by atoms with Crippen molar-refractivity contribution >= 4 is 22.8 Å². The molecule has 9 nitrogen and oxygen atoms in total. The molecule has 0 aliphatic rings.